The summed E-state index contributed by atoms with van der Waals surface area (Å²) < 4.78 is 150. The van der Waals surface area contributed by atoms with Crippen molar-refractivity contribution < 1.29 is 52.7 Å². The third-order valence-corrected chi connectivity index (χ3v) is 8.83. The Morgan fingerprint density at radius 1 is 0.390 bits per heavy atom. The Kier molecular flexibility index (Phi) is 16.8. The Balaban J connectivity index is 0. The Bertz CT molecular complexity index is 671. The van der Waals surface area contributed by atoms with Crippen LogP contribution < -0.4 is 0 Å². The van der Waals surface area contributed by atoms with E-state index in [2.05, 4.69) is 0 Å². The minimum absolute atomic E-state index is 0.0483. The predicted octanol–water partition coefficient (Wildman–Crippen LogP) is 13.0. The van der Waals surface area contributed by atoms with Crippen LogP contribution in [0.1, 0.15) is 120 Å². The third kappa shape index (κ3) is 10.1. The smallest absolute Gasteiger partial charge is 0.170 e. The van der Waals surface area contributed by atoms with E-state index >= 15 is 0 Å². The van der Waals surface area contributed by atoms with Crippen molar-refractivity contribution in [3.63, 3.8) is 0 Å². The molecule has 0 nitrogen and oxygen atoms in total. The van der Waals surface area contributed by atoms with E-state index < -0.39 is 41.5 Å². The molecule has 3 aliphatic rings. The summed E-state index contributed by atoms with van der Waals surface area (Å²) in [6.45, 7) is 12.6. The maximum atomic E-state index is 13.4. The summed E-state index contributed by atoms with van der Waals surface area (Å²) in [5.41, 5.74) is -7.20. The molecule has 3 rings (SSSR count). The average Bonchev–Trinajstić information content (AvgIpc) is 2.88. The zero-order valence-corrected chi connectivity index (χ0v) is 25.8. The number of alkyl halides is 12. The summed E-state index contributed by atoms with van der Waals surface area (Å²) in [4.78, 5) is 0. The SMILES string of the molecule is CC.CC.CC.CC(C)(C(F)(F)F)C(F)(F)F.CC(C1CCC2CC3CCCCC3CC2C1)(C(F)(F)F)C(F)(F)F. The van der Waals surface area contributed by atoms with Gasteiger partial charge in [-0.15, -0.1) is 0 Å². The highest BCUT2D eigenvalue weighted by Crippen LogP contribution is 2.61. The van der Waals surface area contributed by atoms with Gasteiger partial charge in [0.2, 0.25) is 0 Å². The average molecular weight is 627 g/mol. The van der Waals surface area contributed by atoms with Crippen LogP contribution in [0.2, 0.25) is 0 Å². The quantitative estimate of drug-likeness (QED) is 0.254. The molecule has 0 amide bonds. The highest BCUT2D eigenvalue weighted by atomic mass is 19.4. The fraction of sp³-hybridized carbons (Fsp3) is 1.00. The van der Waals surface area contributed by atoms with Crippen molar-refractivity contribution in [1.82, 2.24) is 0 Å². The minimum atomic E-state index is -5.25. The minimum Gasteiger partial charge on any atom is -0.170 e. The third-order valence-electron chi connectivity index (χ3n) is 8.83. The van der Waals surface area contributed by atoms with Crippen molar-refractivity contribution in [2.75, 3.05) is 0 Å². The van der Waals surface area contributed by atoms with Crippen LogP contribution in [-0.4, -0.2) is 24.7 Å². The van der Waals surface area contributed by atoms with Crippen LogP contribution in [0.5, 0.6) is 0 Å². The lowest BCUT2D eigenvalue weighted by Gasteiger charge is -2.51. The molecule has 5 unspecified atom stereocenters. The summed E-state index contributed by atoms with van der Waals surface area (Å²) >= 11 is 0. The van der Waals surface area contributed by atoms with Crippen LogP contribution in [0.25, 0.3) is 0 Å². The zero-order chi connectivity index (χ0) is 33.3. The van der Waals surface area contributed by atoms with E-state index in [-0.39, 0.29) is 32.6 Å². The number of hydrogen-bond donors (Lipinski definition) is 0. The first-order valence-electron chi connectivity index (χ1n) is 14.8. The molecule has 0 aromatic rings. The van der Waals surface area contributed by atoms with Gasteiger partial charge in [0.05, 0.1) is 0 Å². The number of fused-ring (bicyclic) bond motifs is 2. The van der Waals surface area contributed by atoms with E-state index in [1.807, 2.05) is 41.5 Å². The summed E-state index contributed by atoms with van der Waals surface area (Å²) in [6, 6.07) is 0. The molecule has 5 atom stereocenters. The van der Waals surface area contributed by atoms with Gasteiger partial charge in [-0.05, 0) is 82.5 Å². The van der Waals surface area contributed by atoms with Crippen molar-refractivity contribution in [2.45, 2.75) is 145 Å². The Morgan fingerprint density at radius 2 is 0.707 bits per heavy atom. The molecule has 0 aliphatic heterocycles. The second-order valence-electron chi connectivity index (χ2n) is 11.1. The Labute approximate surface area is 238 Å². The van der Waals surface area contributed by atoms with Gasteiger partial charge in [-0.2, -0.15) is 52.7 Å². The van der Waals surface area contributed by atoms with Gasteiger partial charge in [0, 0.05) is 0 Å². The fourth-order valence-electron chi connectivity index (χ4n) is 5.92. The van der Waals surface area contributed by atoms with E-state index in [4.69, 9.17) is 0 Å². The lowest BCUT2D eigenvalue weighted by Crippen LogP contribution is -2.54. The molecule has 0 saturated heterocycles. The Hall–Kier alpha value is -0.840. The molecule has 41 heavy (non-hydrogen) atoms. The topological polar surface area (TPSA) is 0 Å². The van der Waals surface area contributed by atoms with Gasteiger partial charge in [-0.25, -0.2) is 0 Å². The fourth-order valence-corrected chi connectivity index (χ4v) is 5.92. The second kappa shape index (κ2) is 16.3. The van der Waals surface area contributed by atoms with E-state index in [0.717, 1.165) is 25.7 Å². The van der Waals surface area contributed by atoms with E-state index in [1.54, 1.807) is 0 Å². The lowest BCUT2D eigenvalue weighted by atomic mass is 9.55. The molecule has 250 valence electrons. The molecule has 0 N–H and O–H groups in total. The molecule has 0 spiro atoms. The zero-order valence-electron chi connectivity index (χ0n) is 25.8. The van der Waals surface area contributed by atoms with Crippen molar-refractivity contribution in [2.24, 2.45) is 40.4 Å². The van der Waals surface area contributed by atoms with Crippen molar-refractivity contribution in [3.05, 3.63) is 0 Å². The van der Waals surface area contributed by atoms with E-state index in [9.17, 15) is 52.7 Å². The predicted molar refractivity (Wildman–Crippen MR) is 139 cm³/mol. The van der Waals surface area contributed by atoms with Gasteiger partial charge >= 0.3 is 24.7 Å². The van der Waals surface area contributed by atoms with Crippen LogP contribution >= 0.6 is 0 Å². The molecular weight excluding hydrogens is 576 g/mol. The van der Waals surface area contributed by atoms with Crippen molar-refractivity contribution in [3.8, 4) is 0 Å². The first kappa shape index (κ1) is 42.3. The molecule has 0 aromatic heterocycles. The number of rotatable bonds is 1. The van der Waals surface area contributed by atoms with Gasteiger partial charge in [-0.3, -0.25) is 0 Å². The highest BCUT2D eigenvalue weighted by molar-refractivity contribution is 5.00. The molecule has 0 aromatic carbocycles. The summed E-state index contributed by atoms with van der Waals surface area (Å²) in [5, 5.41) is 0. The van der Waals surface area contributed by atoms with Crippen LogP contribution in [0.4, 0.5) is 52.7 Å². The number of halogens is 12. The summed E-state index contributed by atoms with van der Waals surface area (Å²) in [7, 11) is 0. The lowest BCUT2D eigenvalue weighted by molar-refractivity contribution is -0.356. The van der Waals surface area contributed by atoms with Gasteiger partial charge in [0.15, 0.2) is 10.8 Å². The van der Waals surface area contributed by atoms with Crippen LogP contribution in [0.15, 0.2) is 0 Å². The van der Waals surface area contributed by atoms with Gasteiger partial charge < -0.3 is 0 Å². The largest absolute Gasteiger partial charge is 0.403 e. The molecular formula is C29H50F12. The first-order valence-corrected chi connectivity index (χ1v) is 14.8. The molecule has 3 saturated carbocycles. The molecule has 3 fully saturated rings. The standard InChI is InChI=1S/C18H26F6.C5H6F6.3C2H6/c1-16(17(19,20)21,18(22,23)24)15-7-6-13-8-11-4-2-3-5-12(11)9-14(13)10-15;1-3(2,4(6,7)8)5(9,10)11;3*1-2/h11-15H,2-10H2,1H3;1-2H3;3*1-2H3. The van der Waals surface area contributed by atoms with Gasteiger partial charge in [-0.1, -0.05) is 67.2 Å². The maximum Gasteiger partial charge on any atom is 0.403 e. The van der Waals surface area contributed by atoms with Crippen LogP contribution in [0.3, 0.4) is 0 Å². The normalized spacial score (nSPS) is 27.0. The Morgan fingerprint density at radius 3 is 1.00 bits per heavy atom. The van der Waals surface area contributed by atoms with E-state index in [1.165, 1.54) is 12.8 Å². The highest BCUT2D eigenvalue weighted by Gasteiger charge is 2.71. The van der Waals surface area contributed by atoms with Gasteiger partial charge in [0.1, 0.15) is 0 Å². The van der Waals surface area contributed by atoms with Crippen molar-refractivity contribution in [1.29, 1.82) is 0 Å². The first-order chi connectivity index (χ1) is 18.5. The van der Waals surface area contributed by atoms with Crippen LogP contribution in [0, 0.1) is 40.4 Å². The van der Waals surface area contributed by atoms with Gasteiger partial charge in [0.25, 0.3) is 0 Å². The van der Waals surface area contributed by atoms with Crippen molar-refractivity contribution >= 4 is 0 Å². The molecule has 0 bridgehead atoms. The second-order valence-corrected chi connectivity index (χ2v) is 11.1. The van der Waals surface area contributed by atoms with Crippen LogP contribution in [-0.2, 0) is 0 Å². The monoisotopic (exact) mass is 626 g/mol. The molecule has 12 heteroatoms. The molecule has 0 radical (unpaired) electrons. The molecule has 0 heterocycles. The maximum absolute atomic E-state index is 13.4. The summed E-state index contributed by atoms with van der Waals surface area (Å²) in [6.07, 6.45) is -13.8. The summed E-state index contributed by atoms with van der Waals surface area (Å²) in [5.74, 6) is 0.243. The van der Waals surface area contributed by atoms with E-state index in [0.29, 0.717) is 31.1 Å². The molecule has 3 aliphatic carbocycles. The number of hydrogen-bond acceptors (Lipinski definition) is 0.